The molecule has 0 spiro atoms. The van der Waals surface area contributed by atoms with Crippen LogP contribution in [0.3, 0.4) is 0 Å². The average molecular weight is 380 g/mol. The van der Waals surface area contributed by atoms with Gasteiger partial charge in [0.25, 0.3) is 0 Å². The van der Waals surface area contributed by atoms with Gasteiger partial charge in [0, 0.05) is 33.2 Å². The van der Waals surface area contributed by atoms with Gasteiger partial charge in [0.15, 0.2) is 0 Å². The van der Waals surface area contributed by atoms with Gasteiger partial charge >= 0.3 is 0 Å². The van der Waals surface area contributed by atoms with Gasteiger partial charge in [-0.05, 0) is 56.5 Å². The third-order valence-electron chi connectivity index (χ3n) is 5.50. The molecule has 6 nitrogen and oxygen atoms in total. The molecule has 2 heterocycles. The number of amides is 1. The summed E-state index contributed by atoms with van der Waals surface area (Å²) in [5.74, 6) is 0.00425. The summed E-state index contributed by atoms with van der Waals surface area (Å²) in [6.45, 7) is 3.49. The Balaban J connectivity index is 1.62. The number of rotatable bonds is 5. The maximum Gasteiger partial charge on any atom is 0.243 e. The predicted molar refractivity (Wildman–Crippen MR) is 101 cm³/mol. The molecule has 0 aliphatic carbocycles. The van der Waals surface area contributed by atoms with E-state index in [2.05, 4.69) is 4.90 Å². The highest BCUT2D eigenvalue weighted by molar-refractivity contribution is 7.89. The van der Waals surface area contributed by atoms with Crippen LogP contribution in [0.5, 0.6) is 0 Å². The second kappa shape index (κ2) is 8.06. The molecule has 1 aromatic rings. The van der Waals surface area contributed by atoms with Gasteiger partial charge < -0.3 is 9.80 Å². The van der Waals surface area contributed by atoms with E-state index >= 15 is 0 Å². The number of carbonyl (C=O) groups excluding carboxylic acids is 1. The molecule has 0 aromatic heterocycles. The van der Waals surface area contributed by atoms with Crippen LogP contribution in [0.15, 0.2) is 29.2 Å². The van der Waals surface area contributed by atoms with Crippen molar-refractivity contribution in [3.8, 4) is 0 Å². The number of likely N-dealkylation sites (tertiary alicyclic amines) is 1. The summed E-state index contributed by atoms with van der Waals surface area (Å²) in [5.41, 5.74) is 0.829. The molecule has 1 aromatic carbocycles. The molecule has 0 bridgehead atoms. The Morgan fingerprint density at radius 3 is 2.15 bits per heavy atom. The van der Waals surface area contributed by atoms with Crippen molar-refractivity contribution in [2.75, 3.05) is 40.3 Å². The van der Waals surface area contributed by atoms with Crippen molar-refractivity contribution in [1.29, 1.82) is 0 Å². The molecule has 2 fully saturated rings. The van der Waals surface area contributed by atoms with E-state index in [1.54, 1.807) is 42.7 Å². The Hall–Kier alpha value is -1.44. The number of benzene rings is 1. The summed E-state index contributed by atoms with van der Waals surface area (Å²) in [7, 11) is -0.0207. The number of sulfonamides is 1. The summed E-state index contributed by atoms with van der Waals surface area (Å²) in [5, 5.41) is 0. The van der Waals surface area contributed by atoms with Crippen LogP contribution < -0.4 is 0 Å². The number of hydrogen-bond donors (Lipinski definition) is 0. The monoisotopic (exact) mass is 379 g/mol. The third-order valence-corrected chi connectivity index (χ3v) is 7.41. The Labute approximate surface area is 156 Å². The van der Waals surface area contributed by atoms with Crippen LogP contribution in [0.1, 0.15) is 31.2 Å². The van der Waals surface area contributed by atoms with E-state index in [-0.39, 0.29) is 12.3 Å². The molecule has 3 rings (SSSR count). The van der Waals surface area contributed by atoms with Crippen LogP contribution in [-0.2, 0) is 21.2 Å². The minimum absolute atomic E-state index is 0.00425. The molecule has 26 heavy (non-hydrogen) atoms. The fraction of sp³-hybridized carbons (Fsp3) is 0.632. The molecule has 2 aliphatic heterocycles. The van der Waals surface area contributed by atoms with E-state index in [9.17, 15) is 13.2 Å². The molecular formula is C19H29N3O3S. The van der Waals surface area contributed by atoms with Crippen LogP contribution >= 0.6 is 0 Å². The standard InChI is InChI=1S/C19H29N3O3S/c1-20(2)19(23)15-16-5-7-18(8-6-16)26(24,25)22-13-9-17(10-14-22)21-11-3-4-12-21/h5-8,17H,3-4,9-15H2,1-2H3. The molecule has 0 N–H and O–H groups in total. The number of piperidine rings is 1. The molecule has 0 unspecified atom stereocenters. The average Bonchev–Trinajstić information content (AvgIpc) is 3.17. The quantitative estimate of drug-likeness (QED) is 0.779. The van der Waals surface area contributed by atoms with Gasteiger partial charge in [-0.3, -0.25) is 4.79 Å². The van der Waals surface area contributed by atoms with E-state index < -0.39 is 10.0 Å². The van der Waals surface area contributed by atoms with Crippen LogP contribution in [0.2, 0.25) is 0 Å². The largest absolute Gasteiger partial charge is 0.349 e. The summed E-state index contributed by atoms with van der Waals surface area (Å²) < 4.78 is 27.4. The number of nitrogens with zero attached hydrogens (tertiary/aromatic N) is 3. The fourth-order valence-electron chi connectivity index (χ4n) is 3.82. The Kier molecular flexibility index (Phi) is 5.99. The molecule has 7 heteroatoms. The van der Waals surface area contributed by atoms with Crippen LogP contribution in [0.25, 0.3) is 0 Å². The van der Waals surface area contributed by atoms with Crippen molar-refractivity contribution in [2.45, 2.75) is 43.0 Å². The number of likely N-dealkylation sites (N-methyl/N-ethyl adjacent to an activating group) is 1. The third kappa shape index (κ3) is 4.27. The van der Waals surface area contributed by atoms with Crippen LogP contribution in [0.4, 0.5) is 0 Å². The van der Waals surface area contributed by atoms with Crippen LogP contribution in [0, 0.1) is 0 Å². The normalized spacial score (nSPS) is 20.4. The maximum atomic E-state index is 12.9. The zero-order chi connectivity index (χ0) is 18.7. The fourth-order valence-corrected chi connectivity index (χ4v) is 5.29. The minimum atomic E-state index is -3.45. The predicted octanol–water partition coefficient (Wildman–Crippen LogP) is 1.57. The molecule has 1 amide bonds. The topological polar surface area (TPSA) is 60.9 Å². The lowest BCUT2D eigenvalue weighted by molar-refractivity contribution is -0.127. The second-order valence-electron chi connectivity index (χ2n) is 7.49. The Bertz CT molecular complexity index is 717. The van der Waals surface area contributed by atoms with Crippen molar-refractivity contribution in [3.05, 3.63) is 29.8 Å². The maximum absolute atomic E-state index is 12.9. The lowest BCUT2D eigenvalue weighted by Gasteiger charge is -2.36. The van der Waals surface area contributed by atoms with E-state index in [1.165, 1.54) is 17.7 Å². The van der Waals surface area contributed by atoms with Crippen molar-refractivity contribution >= 4 is 15.9 Å². The second-order valence-corrected chi connectivity index (χ2v) is 9.43. The first kappa shape index (κ1) is 19.3. The molecule has 2 saturated heterocycles. The first-order chi connectivity index (χ1) is 12.4. The highest BCUT2D eigenvalue weighted by Gasteiger charge is 2.32. The zero-order valence-corrected chi connectivity index (χ0v) is 16.5. The van der Waals surface area contributed by atoms with Gasteiger partial charge in [0.1, 0.15) is 0 Å². The molecule has 0 atom stereocenters. The minimum Gasteiger partial charge on any atom is -0.349 e. The first-order valence-corrected chi connectivity index (χ1v) is 10.9. The van der Waals surface area contributed by atoms with Gasteiger partial charge in [-0.2, -0.15) is 4.31 Å². The van der Waals surface area contributed by atoms with Gasteiger partial charge in [0.05, 0.1) is 11.3 Å². The lowest BCUT2D eigenvalue weighted by atomic mass is 10.1. The highest BCUT2D eigenvalue weighted by Crippen LogP contribution is 2.25. The number of carbonyl (C=O) groups is 1. The molecule has 0 radical (unpaired) electrons. The van der Waals surface area contributed by atoms with Crippen molar-refractivity contribution in [2.24, 2.45) is 0 Å². The van der Waals surface area contributed by atoms with E-state index in [0.717, 1.165) is 31.5 Å². The zero-order valence-electron chi connectivity index (χ0n) is 15.7. The van der Waals surface area contributed by atoms with E-state index in [0.29, 0.717) is 24.0 Å². The van der Waals surface area contributed by atoms with Gasteiger partial charge in [0.2, 0.25) is 15.9 Å². The van der Waals surface area contributed by atoms with Gasteiger partial charge in [-0.25, -0.2) is 8.42 Å². The molecular weight excluding hydrogens is 350 g/mol. The molecule has 0 saturated carbocycles. The highest BCUT2D eigenvalue weighted by atomic mass is 32.2. The van der Waals surface area contributed by atoms with Crippen molar-refractivity contribution in [3.63, 3.8) is 0 Å². The first-order valence-electron chi connectivity index (χ1n) is 9.41. The van der Waals surface area contributed by atoms with E-state index in [4.69, 9.17) is 0 Å². The smallest absolute Gasteiger partial charge is 0.243 e. The Morgan fingerprint density at radius 2 is 1.62 bits per heavy atom. The summed E-state index contributed by atoms with van der Waals surface area (Å²) in [4.78, 5) is 16.1. The van der Waals surface area contributed by atoms with Crippen LogP contribution in [-0.4, -0.2) is 74.7 Å². The van der Waals surface area contributed by atoms with Gasteiger partial charge in [-0.15, -0.1) is 0 Å². The van der Waals surface area contributed by atoms with Crippen molar-refractivity contribution < 1.29 is 13.2 Å². The summed E-state index contributed by atoms with van der Waals surface area (Å²) >= 11 is 0. The summed E-state index contributed by atoms with van der Waals surface area (Å²) in [6.07, 6.45) is 4.64. The van der Waals surface area contributed by atoms with Crippen molar-refractivity contribution in [1.82, 2.24) is 14.1 Å². The molecule has 144 valence electrons. The Morgan fingerprint density at radius 1 is 1.04 bits per heavy atom. The number of hydrogen-bond acceptors (Lipinski definition) is 4. The van der Waals surface area contributed by atoms with Gasteiger partial charge in [-0.1, -0.05) is 12.1 Å². The summed E-state index contributed by atoms with van der Waals surface area (Å²) in [6, 6.07) is 7.26. The lowest BCUT2D eigenvalue weighted by Crippen LogP contribution is -2.45. The SMILES string of the molecule is CN(C)C(=O)Cc1ccc(S(=O)(=O)N2CCC(N3CCCC3)CC2)cc1. The molecule has 2 aliphatic rings. The van der Waals surface area contributed by atoms with E-state index in [1.807, 2.05) is 0 Å².